The van der Waals surface area contributed by atoms with Crippen molar-refractivity contribution in [2.75, 3.05) is 39.3 Å². The van der Waals surface area contributed by atoms with E-state index in [4.69, 9.17) is 5.10 Å². The summed E-state index contributed by atoms with van der Waals surface area (Å²) in [5.74, 6) is 0.00934. The molecule has 33 heavy (non-hydrogen) atoms. The number of rotatable bonds is 6. The van der Waals surface area contributed by atoms with Crippen LogP contribution in [0.5, 0.6) is 0 Å². The van der Waals surface area contributed by atoms with Crippen molar-refractivity contribution in [1.82, 2.24) is 24.9 Å². The van der Waals surface area contributed by atoms with Gasteiger partial charge in [0.1, 0.15) is 5.69 Å². The first-order chi connectivity index (χ1) is 16.0. The van der Waals surface area contributed by atoms with Gasteiger partial charge in [0, 0.05) is 44.5 Å². The average molecular weight is 446 g/mol. The molecular weight excluding hydrogens is 414 g/mol. The number of carbonyl (C=O) groups excluding carboxylic acids is 2. The third-order valence-electron chi connectivity index (χ3n) is 5.91. The molecule has 1 aromatic heterocycles. The van der Waals surface area contributed by atoms with Crippen LogP contribution in [-0.4, -0.2) is 70.7 Å². The van der Waals surface area contributed by atoms with E-state index in [1.54, 1.807) is 4.68 Å². The molecular formula is C26H31N5O2. The summed E-state index contributed by atoms with van der Waals surface area (Å²) in [5.41, 5.74) is 4.29. The number of likely N-dealkylation sites (N-methyl/N-ethyl adjacent to an activating group) is 1. The molecule has 0 bridgehead atoms. The van der Waals surface area contributed by atoms with Crippen LogP contribution in [0.15, 0.2) is 60.8 Å². The summed E-state index contributed by atoms with van der Waals surface area (Å²) in [6, 6.07) is 17.9. The van der Waals surface area contributed by atoms with Gasteiger partial charge in [0.2, 0.25) is 5.91 Å². The largest absolute Gasteiger partial charge is 0.355 e. The highest BCUT2D eigenvalue weighted by Gasteiger charge is 2.26. The molecule has 1 aliphatic heterocycles. The number of aromatic nitrogens is 2. The summed E-state index contributed by atoms with van der Waals surface area (Å²) in [5, 5.41) is 7.65. The Bertz CT molecular complexity index is 1090. The Morgan fingerprint density at radius 1 is 0.970 bits per heavy atom. The summed E-state index contributed by atoms with van der Waals surface area (Å²) in [7, 11) is 0. The molecule has 2 amide bonds. The molecule has 7 nitrogen and oxygen atoms in total. The lowest BCUT2D eigenvalue weighted by Crippen LogP contribution is -2.40. The molecule has 3 aromatic rings. The molecule has 1 aliphatic rings. The number of amides is 2. The van der Waals surface area contributed by atoms with Crippen LogP contribution in [-0.2, 0) is 4.79 Å². The first-order valence-corrected chi connectivity index (χ1v) is 11.6. The predicted molar refractivity (Wildman–Crippen MR) is 129 cm³/mol. The minimum atomic E-state index is -0.0212. The fourth-order valence-corrected chi connectivity index (χ4v) is 4.13. The summed E-state index contributed by atoms with van der Waals surface area (Å²) < 4.78 is 1.79. The fourth-order valence-electron chi connectivity index (χ4n) is 4.13. The van der Waals surface area contributed by atoms with Crippen molar-refractivity contribution in [3.63, 3.8) is 0 Å². The van der Waals surface area contributed by atoms with Gasteiger partial charge in [-0.1, -0.05) is 48.0 Å². The van der Waals surface area contributed by atoms with Crippen LogP contribution in [0.2, 0.25) is 0 Å². The number of nitrogens with zero attached hydrogens (tertiary/aromatic N) is 4. The smallest absolute Gasteiger partial charge is 0.257 e. The quantitative estimate of drug-likeness (QED) is 0.633. The maximum absolute atomic E-state index is 13.7. The molecule has 1 N–H and O–H groups in total. The second-order valence-electron chi connectivity index (χ2n) is 8.41. The van der Waals surface area contributed by atoms with Crippen LogP contribution in [0, 0.1) is 6.92 Å². The zero-order valence-electron chi connectivity index (χ0n) is 19.3. The lowest BCUT2D eigenvalue weighted by molar-refractivity contribution is -0.122. The maximum atomic E-state index is 13.7. The highest BCUT2D eigenvalue weighted by molar-refractivity contribution is 6.00. The zero-order valence-corrected chi connectivity index (χ0v) is 19.3. The summed E-state index contributed by atoms with van der Waals surface area (Å²) in [6.07, 6.45) is 2.67. The SMILES string of the molecule is CCNC(=O)CN1CCCN(C(=O)c2cn(-c3ccc(C)cc3)nc2-c2ccccc2)CC1. The van der Waals surface area contributed by atoms with E-state index in [0.29, 0.717) is 44.0 Å². The van der Waals surface area contributed by atoms with Gasteiger partial charge in [-0.15, -0.1) is 0 Å². The van der Waals surface area contributed by atoms with E-state index in [1.165, 1.54) is 5.56 Å². The molecule has 0 spiro atoms. The van der Waals surface area contributed by atoms with Crippen molar-refractivity contribution in [2.24, 2.45) is 0 Å². The van der Waals surface area contributed by atoms with E-state index < -0.39 is 0 Å². The van der Waals surface area contributed by atoms with E-state index in [0.717, 1.165) is 24.2 Å². The average Bonchev–Trinajstić information content (AvgIpc) is 3.14. The fraction of sp³-hybridized carbons (Fsp3) is 0.346. The number of carbonyl (C=O) groups is 2. The Labute approximate surface area is 195 Å². The molecule has 1 saturated heterocycles. The van der Waals surface area contributed by atoms with Crippen molar-refractivity contribution in [2.45, 2.75) is 20.3 Å². The molecule has 0 aliphatic carbocycles. The third-order valence-corrected chi connectivity index (χ3v) is 5.91. The Morgan fingerprint density at radius 2 is 1.73 bits per heavy atom. The van der Waals surface area contributed by atoms with Crippen molar-refractivity contribution in [3.05, 3.63) is 71.9 Å². The van der Waals surface area contributed by atoms with Crippen LogP contribution >= 0.6 is 0 Å². The monoisotopic (exact) mass is 445 g/mol. The zero-order chi connectivity index (χ0) is 23.2. The van der Waals surface area contributed by atoms with E-state index in [2.05, 4.69) is 10.2 Å². The lowest BCUT2D eigenvalue weighted by Gasteiger charge is -2.21. The molecule has 7 heteroatoms. The molecule has 0 saturated carbocycles. The van der Waals surface area contributed by atoms with Crippen LogP contribution in [0.4, 0.5) is 0 Å². The van der Waals surface area contributed by atoms with E-state index in [1.807, 2.05) is 79.5 Å². The van der Waals surface area contributed by atoms with Gasteiger partial charge in [-0.25, -0.2) is 4.68 Å². The van der Waals surface area contributed by atoms with E-state index in [9.17, 15) is 9.59 Å². The Morgan fingerprint density at radius 3 is 2.45 bits per heavy atom. The number of hydrogen-bond donors (Lipinski definition) is 1. The van der Waals surface area contributed by atoms with Gasteiger partial charge in [-0.05, 0) is 32.4 Å². The first kappa shape index (κ1) is 22.7. The molecule has 0 atom stereocenters. The van der Waals surface area contributed by atoms with Crippen LogP contribution in [0.25, 0.3) is 16.9 Å². The maximum Gasteiger partial charge on any atom is 0.257 e. The number of benzene rings is 2. The second-order valence-corrected chi connectivity index (χ2v) is 8.41. The molecule has 2 heterocycles. The number of nitrogens with one attached hydrogen (secondary N) is 1. The van der Waals surface area contributed by atoms with Crippen molar-refractivity contribution in [1.29, 1.82) is 0 Å². The standard InChI is InChI=1S/C26H31N5O2/c1-3-27-24(32)19-29-14-7-15-30(17-16-29)26(33)23-18-31(22-12-10-20(2)11-13-22)28-25(23)21-8-5-4-6-9-21/h4-6,8-13,18H,3,7,14-17,19H2,1-2H3,(H,27,32). The highest BCUT2D eigenvalue weighted by atomic mass is 16.2. The first-order valence-electron chi connectivity index (χ1n) is 11.6. The molecule has 0 radical (unpaired) electrons. The van der Waals surface area contributed by atoms with E-state index in [-0.39, 0.29) is 11.8 Å². The minimum absolute atomic E-state index is 0.0212. The van der Waals surface area contributed by atoms with Gasteiger partial charge in [0.15, 0.2) is 0 Å². The summed E-state index contributed by atoms with van der Waals surface area (Å²) >= 11 is 0. The van der Waals surface area contributed by atoms with Crippen molar-refractivity contribution in [3.8, 4) is 16.9 Å². The van der Waals surface area contributed by atoms with Gasteiger partial charge in [0.05, 0.1) is 17.8 Å². The summed E-state index contributed by atoms with van der Waals surface area (Å²) in [4.78, 5) is 29.6. The van der Waals surface area contributed by atoms with Crippen LogP contribution in [0.3, 0.4) is 0 Å². The van der Waals surface area contributed by atoms with Gasteiger partial charge >= 0.3 is 0 Å². The number of hydrogen-bond acceptors (Lipinski definition) is 4. The Balaban J connectivity index is 1.58. The van der Waals surface area contributed by atoms with Crippen molar-refractivity contribution < 1.29 is 9.59 Å². The molecule has 2 aromatic carbocycles. The van der Waals surface area contributed by atoms with Gasteiger partial charge in [-0.2, -0.15) is 5.10 Å². The molecule has 4 rings (SSSR count). The van der Waals surface area contributed by atoms with E-state index >= 15 is 0 Å². The lowest BCUT2D eigenvalue weighted by atomic mass is 10.1. The molecule has 1 fully saturated rings. The van der Waals surface area contributed by atoms with Crippen molar-refractivity contribution >= 4 is 11.8 Å². The van der Waals surface area contributed by atoms with Crippen LogP contribution in [0.1, 0.15) is 29.3 Å². The van der Waals surface area contributed by atoms with Gasteiger partial charge < -0.3 is 10.2 Å². The van der Waals surface area contributed by atoms with Crippen LogP contribution < -0.4 is 5.32 Å². The topological polar surface area (TPSA) is 70.5 Å². The summed E-state index contributed by atoms with van der Waals surface area (Å²) in [6.45, 7) is 7.69. The number of aryl methyl sites for hydroxylation is 1. The van der Waals surface area contributed by atoms with Gasteiger partial charge in [-0.3, -0.25) is 14.5 Å². The Kier molecular flexibility index (Phi) is 7.19. The third kappa shape index (κ3) is 5.49. The molecule has 0 unspecified atom stereocenters. The normalized spacial score (nSPS) is 14.7. The molecule has 172 valence electrons. The Hall–Kier alpha value is -3.45. The predicted octanol–water partition coefficient (Wildman–Crippen LogP) is 3.13. The van der Waals surface area contributed by atoms with Gasteiger partial charge in [0.25, 0.3) is 5.91 Å². The highest BCUT2D eigenvalue weighted by Crippen LogP contribution is 2.25. The second kappa shape index (κ2) is 10.4. The minimum Gasteiger partial charge on any atom is -0.355 e.